The van der Waals surface area contributed by atoms with E-state index in [9.17, 15) is 0 Å². The van der Waals surface area contributed by atoms with E-state index in [4.69, 9.17) is 5.73 Å². The molecule has 1 unspecified atom stereocenters. The van der Waals surface area contributed by atoms with Crippen LogP contribution >= 0.6 is 0 Å². The van der Waals surface area contributed by atoms with Gasteiger partial charge in [-0.1, -0.05) is 56.3 Å². The van der Waals surface area contributed by atoms with Crippen LogP contribution in [0.5, 0.6) is 0 Å². The van der Waals surface area contributed by atoms with Gasteiger partial charge in [-0.2, -0.15) is 0 Å². The first kappa shape index (κ1) is 15.0. The molecule has 3 N–H and O–H groups in total. The van der Waals surface area contributed by atoms with Crippen LogP contribution in [0.25, 0.3) is 10.8 Å². The van der Waals surface area contributed by atoms with Crippen LogP contribution in [0.15, 0.2) is 42.5 Å². The fourth-order valence-corrected chi connectivity index (χ4v) is 2.40. The van der Waals surface area contributed by atoms with Gasteiger partial charge in [-0.05, 0) is 42.1 Å². The third kappa shape index (κ3) is 3.38. The van der Waals surface area contributed by atoms with Gasteiger partial charge in [-0.3, -0.25) is 0 Å². The number of nitrogens with one attached hydrogen (secondary N) is 1. The van der Waals surface area contributed by atoms with Crippen molar-refractivity contribution in [1.82, 2.24) is 5.32 Å². The molecule has 0 amide bonds. The van der Waals surface area contributed by atoms with E-state index >= 15 is 0 Å². The summed E-state index contributed by atoms with van der Waals surface area (Å²) < 4.78 is 0. The highest BCUT2D eigenvalue weighted by Gasteiger charge is 2.25. The average molecular weight is 270 g/mol. The molecule has 2 nitrogen and oxygen atoms in total. The van der Waals surface area contributed by atoms with Gasteiger partial charge in [0.2, 0.25) is 0 Å². The van der Waals surface area contributed by atoms with Crippen LogP contribution in [0.2, 0.25) is 0 Å². The Bertz CT molecular complexity index is 562. The van der Waals surface area contributed by atoms with Crippen molar-refractivity contribution < 1.29 is 0 Å². The maximum Gasteiger partial charge on any atom is 0.0298 e. The molecule has 0 saturated carbocycles. The van der Waals surface area contributed by atoms with Crippen molar-refractivity contribution in [2.75, 3.05) is 13.1 Å². The number of hydrogen-bond acceptors (Lipinski definition) is 2. The number of fused-ring (bicyclic) bond motifs is 1. The molecule has 0 radical (unpaired) electrons. The molecule has 108 valence electrons. The second kappa shape index (κ2) is 6.38. The van der Waals surface area contributed by atoms with E-state index in [1.54, 1.807) is 0 Å². The summed E-state index contributed by atoms with van der Waals surface area (Å²) in [6, 6.07) is 15.2. The smallest absolute Gasteiger partial charge is 0.0298 e. The molecule has 0 heterocycles. The van der Waals surface area contributed by atoms with Gasteiger partial charge in [-0.15, -0.1) is 0 Å². The molecule has 2 aromatic carbocycles. The van der Waals surface area contributed by atoms with Crippen molar-refractivity contribution in [3.63, 3.8) is 0 Å². The predicted octanol–water partition coefficient (Wildman–Crippen LogP) is 3.35. The van der Waals surface area contributed by atoms with Crippen LogP contribution in [-0.4, -0.2) is 18.6 Å². The van der Waals surface area contributed by atoms with Gasteiger partial charge >= 0.3 is 0 Å². The lowest BCUT2D eigenvalue weighted by atomic mass is 9.88. The van der Waals surface area contributed by atoms with Gasteiger partial charge in [0.1, 0.15) is 0 Å². The Balaban J connectivity index is 1.99. The van der Waals surface area contributed by atoms with Crippen molar-refractivity contribution >= 4 is 10.8 Å². The largest absolute Gasteiger partial charge is 0.329 e. The van der Waals surface area contributed by atoms with Gasteiger partial charge in [-0.25, -0.2) is 0 Å². The Hall–Kier alpha value is -1.38. The summed E-state index contributed by atoms with van der Waals surface area (Å²) in [6.45, 7) is 8.27. The molecule has 0 aliphatic heterocycles. The number of benzene rings is 2. The fourth-order valence-electron chi connectivity index (χ4n) is 2.40. The minimum absolute atomic E-state index is 0.0247. The average Bonchev–Trinajstić information content (AvgIpc) is 2.46. The standard InChI is InChI=1S/C18H26N2/c1-14(2)18(3,13-19)20-11-10-15-8-9-16-6-4-5-7-17(16)12-15/h4-9,12,14,20H,10-11,13,19H2,1-3H3. The van der Waals surface area contributed by atoms with Gasteiger partial charge in [0.05, 0.1) is 0 Å². The lowest BCUT2D eigenvalue weighted by Gasteiger charge is -2.33. The van der Waals surface area contributed by atoms with Crippen LogP contribution in [0.1, 0.15) is 26.3 Å². The van der Waals surface area contributed by atoms with E-state index in [2.05, 4.69) is 68.6 Å². The highest BCUT2D eigenvalue weighted by molar-refractivity contribution is 5.82. The highest BCUT2D eigenvalue weighted by atomic mass is 15.0. The second-order valence-corrected chi connectivity index (χ2v) is 6.13. The first-order valence-corrected chi connectivity index (χ1v) is 7.48. The van der Waals surface area contributed by atoms with E-state index in [0.717, 1.165) is 13.0 Å². The molecule has 1 atom stereocenters. The lowest BCUT2D eigenvalue weighted by molar-refractivity contribution is 0.271. The molecule has 0 aliphatic carbocycles. The minimum Gasteiger partial charge on any atom is -0.329 e. The Labute approximate surface area is 122 Å². The van der Waals surface area contributed by atoms with E-state index in [-0.39, 0.29) is 5.54 Å². The summed E-state index contributed by atoms with van der Waals surface area (Å²) in [5.41, 5.74) is 7.30. The van der Waals surface area contributed by atoms with Crippen LogP contribution < -0.4 is 11.1 Å². The topological polar surface area (TPSA) is 38.0 Å². The van der Waals surface area contributed by atoms with E-state index < -0.39 is 0 Å². The molecule has 0 spiro atoms. The highest BCUT2D eigenvalue weighted by Crippen LogP contribution is 2.17. The molecule has 2 heteroatoms. The maximum absolute atomic E-state index is 5.90. The molecule has 0 bridgehead atoms. The van der Waals surface area contributed by atoms with Crippen molar-refractivity contribution in [3.8, 4) is 0 Å². The fraction of sp³-hybridized carbons (Fsp3) is 0.444. The Morgan fingerprint density at radius 3 is 2.45 bits per heavy atom. The maximum atomic E-state index is 5.90. The monoisotopic (exact) mass is 270 g/mol. The molecule has 0 saturated heterocycles. The molecule has 20 heavy (non-hydrogen) atoms. The zero-order chi connectivity index (χ0) is 14.6. The summed E-state index contributed by atoms with van der Waals surface area (Å²) in [5, 5.41) is 6.24. The van der Waals surface area contributed by atoms with Crippen LogP contribution in [0.4, 0.5) is 0 Å². The Morgan fingerprint density at radius 1 is 1.10 bits per heavy atom. The molecule has 2 aromatic rings. The molecule has 2 rings (SSSR count). The van der Waals surface area contributed by atoms with Crippen molar-refractivity contribution in [2.45, 2.75) is 32.7 Å². The first-order valence-electron chi connectivity index (χ1n) is 7.48. The van der Waals surface area contributed by atoms with E-state index in [0.29, 0.717) is 12.5 Å². The SMILES string of the molecule is CC(C)C(C)(CN)NCCc1ccc2ccccc2c1. The predicted molar refractivity (Wildman–Crippen MR) is 88.0 cm³/mol. The summed E-state index contributed by atoms with van der Waals surface area (Å²) in [4.78, 5) is 0. The molecule has 0 aromatic heterocycles. The van der Waals surface area contributed by atoms with Crippen molar-refractivity contribution in [3.05, 3.63) is 48.0 Å². The van der Waals surface area contributed by atoms with Crippen molar-refractivity contribution in [1.29, 1.82) is 0 Å². The van der Waals surface area contributed by atoms with Crippen LogP contribution in [0.3, 0.4) is 0 Å². The second-order valence-electron chi connectivity index (χ2n) is 6.13. The summed E-state index contributed by atoms with van der Waals surface area (Å²) >= 11 is 0. The minimum atomic E-state index is 0.0247. The Kier molecular flexibility index (Phi) is 4.79. The third-order valence-electron chi connectivity index (χ3n) is 4.45. The molecule has 0 fully saturated rings. The molecular formula is C18H26N2. The normalized spacial score (nSPS) is 14.7. The number of nitrogens with two attached hydrogens (primary N) is 1. The zero-order valence-corrected chi connectivity index (χ0v) is 12.8. The van der Waals surface area contributed by atoms with Crippen molar-refractivity contribution in [2.24, 2.45) is 11.7 Å². The van der Waals surface area contributed by atoms with E-state index in [1.165, 1.54) is 16.3 Å². The van der Waals surface area contributed by atoms with Gasteiger partial charge in [0.25, 0.3) is 0 Å². The Morgan fingerprint density at radius 2 is 1.80 bits per heavy atom. The summed E-state index contributed by atoms with van der Waals surface area (Å²) in [6.07, 6.45) is 1.03. The van der Waals surface area contributed by atoms with Gasteiger partial charge < -0.3 is 11.1 Å². The van der Waals surface area contributed by atoms with Crippen LogP contribution in [-0.2, 0) is 6.42 Å². The first-order chi connectivity index (χ1) is 9.55. The van der Waals surface area contributed by atoms with Gasteiger partial charge in [0.15, 0.2) is 0 Å². The lowest BCUT2D eigenvalue weighted by Crippen LogP contribution is -2.53. The summed E-state index contributed by atoms with van der Waals surface area (Å²) in [7, 11) is 0. The van der Waals surface area contributed by atoms with Gasteiger partial charge in [0, 0.05) is 12.1 Å². The molecular weight excluding hydrogens is 244 g/mol. The number of hydrogen-bond donors (Lipinski definition) is 2. The molecule has 0 aliphatic rings. The van der Waals surface area contributed by atoms with Crippen LogP contribution in [0, 0.1) is 5.92 Å². The quantitative estimate of drug-likeness (QED) is 0.845. The number of rotatable bonds is 6. The summed E-state index contributed by atoms with van der Waals surface area (Å²) in [5.74, 6) is 0.532. The van der Waals surface area contributed by atoms with E-state index in [1.807, 2.05) is 0 Å². The zero-order valence-electron chi connectivity index (χ0n) is 12.8. The third-order valence-corrected chi connectivity index (χ3v) is 4.45.